The minimum atomic E-state index is -1.11. The number of H-pyrrole nitrogens is 1. The molecule has 3 amide bonds. The smallest absolute Gasteiger partial charge is 0.251 e. The Morgan fingerprint density at radius 1 is 1.14 bits per heavy atom. The van der Waals surface area contributed by atoms with Gasteiger partial charge < -0.3 is 26.3 Å². The molecule has 0 spiro atoms. The summed E-state index contributed by atoms with van der Waals surface area (Å²) < 4.78 is 0. The zero-order valence-corrected chi connectivity index (χ0v) is 20.5. The molecule has 1 atom stereocenters. The lowest BCUT2D eigenvalue weighted by Gasteiger charge is -2.33. The Hall–Kier alpha value is -3.65. The molecule has 0 bridgehead atoms. The van der Waals surface area contributed by atoms with Crippen LogP contribution in [0.15, 0.2) is 48.7 Å². The van der Waals surface area contributed by atoms with Gasteiger partial charge in [0.05, 0.1) is 5.54 Å². The monoisotopic (exact) mass is 475 g/mol. The van der Waals surface area contributed by atoms with Crippen LogP contribution in [0.1, 0.15) is 47.8 Å². The number of amides is 3. The number of benzene rings is 2. The van der Waals surface area contributed by atoms with E-state index < -0.39 is 11.6 Å². The number of nitrogens with two attached hydrogens (primary N) is 1. The number of rotatable bonds is 7. The van der Waals surface area contributed by atoms with Crippen LogP contribution in [0.4, 0.5) is 0 Å². The van der Waals surface area contributed by atoms with Crippen LogP contribution in [0.3, 0.4) is 0 Å². The second-order valence-electron chi connectivity index (χ2n) is 9.66. The van der Waals surface area contributed by atoms with Crippen molar-refractivity contribution < 1.29 is 14.4 Å². The number of para-hydroxylation sites is 1. The van der Waals surface area contributed by atoms with E-state index in [0.29, 0.717) is 38.0 Å². The highest BCUT2D eigenvalue weighted by molar-refractivity contribution is 5.95. The molecule has 3 aromatic rings. The SMILES string of the molecule is CCNC(=O)c1ccc2c(c1)CCN(C(=O)C(Cc1c[nH]c3ccccc13)NC(=O)C(C)(C)N)C2. The van der Waals surface area contributed by atoms with E-state index in [4.69, 9.17) is 5.73 Å². The normalized spacial score (nSPS) is 14.3. The van der Waals surface area contributed by atoms with Crippen LogP contribution < -0.4 is 16.4 Å². The van der Waals surface area contributed by atoms with E-state index in [-0.39, 0.29) is 17.7 Å². The number of fused-ring (bicyclic) bond motifs is 2. The van der Waals surface area contributed by atoms with Gasteiger partial charge in [-0.2, -0.15) is 0 Å². The summed E-state index contributed by atoms with van der Waals surface area (Å²) in [5, 5.41) is 6.74. The molecule has 2 heterocycles. The number of nitrogens with one attached hydrogen (secondary N) is 3. The first-order valence-corrected chi connectivity index (χ1v) is 12.0. The quantitative estimate of drug-likeness (QED) is 0.419. The van der Waals surface area contributed by atoms with Gasteiger partial charge in [0.2, 0.25) is 11.8 Å². The van der Waals surface area contributed by atoms with Crippen molar-refractivity contribution in [3.63, 3.8) is 0 Å². The number of hydrogen-bond acceptors (Lipinski definition) is 4. The Kier molecular flexibility index (Phi) is 6.93. The number of carbonyl (C=O) groups excluding carboxylic acids is 3. The predicted molar refractivity (Wildman–Crippen MR) is 136 cm³/mol. The van der Waals surface area contributed by atoms with Crippen molar-refractivity contribution in [1.29, 1.82) is 0 Å². The maximum Gasteiger partial charge on any atom is 0.251 e. The molecule has 0 saturated heterocycles. The van der Waals surface area contributed by atoms with E-state index in [1.165, 1.54) is 0 Å². The average Bonchev–Trinajstić information content (AvgIpc) is 3.24. The second-order valence-corrected chi connectivity index (χ2v) is 9.66. The van der Waals surface area contributed by atoms with Crippen molar-refractivity contribution in [3.05, 3.63) is 70.9 Å². The van der Waals surface area contributed by atoms with Crippen molar-refractivity contribution in [2.24, 2.45) is 5.73 Å². The maximum atomic E-state index is 13.7. The summed E-state index contributed by atoms with van der Waals surface area (Å²) >= 11 is 0. The average molecular weight is 476 g/mol. The van der Waals surface area contributed by atoms with Crippen molar-refractivity contribution >= 4 is 28.6 Å². The Balaban J connectivity index is 1.56. The molecule has 1 aliphatic rings. The molecule has 8 nitrogen and oxygen atoms in total. The summed E-state index contributed by atoms with van der Waals surface area (Å²) in [7, 11) is 0. The van der Waals surface area contributed by atoms with E-state index in [1.807, 2.05) is 49.5 Å². The van der Waals surface area contributed by atoms with E-state index in [0.717, 1.165) is 27.6 Å². The number of hydrogen-bond donors (Lipinski definition) is 4. The third kappa shape index (κ3) is 5.38. The third-order valence-electron chi connectivity index (χ3n) is 6.42. The summed E-state index contributed by atoms with van der Waals surface area (Å²) in [4.78, 5) is 43.6. The largest absolute Gasteiger partial charge is 0.361 e. The Morgan fingerprint density at radius 2 is 1.91 bits per heavy atom. The Labute approximate surface area is 205 Å². The standard InChI is InChI=1S/C27H33N5O3/c1-4-29-24(33)18-9-10-19-16-32(12-11-17(19)13-18)25(34)23(31-26(35)27(2,3)28)14-20-15-30-22-8-6-5-7-21(20)22/h5-10,13,15,23,30H,4,11-12,14,16,28H2,1-3H3,(H,29,33)(H,31,35). The highest BCUT2D eigenvalue weighted by atomic mass is 16.2. The van der Waals surface area contributed by atoms with Gasteiger partial charge in [0.15, 0.2) is 0 Å². The van der Waals surface area contributed by atoms with Crippen molar-refractivity contribution in [3.8, 4) is 0 Å². The topological polar surface area (TPSA) is 120 Å². The zero-order valence-electron chi connectivity index (χ0n) is 20.5. The molecular weight excluding hydrogens is 442 g/mol. The minimum Gasteiger partial charge on any atom is -0.361 e. The molecule has 2 aromatic carbocycles. The van der Waals surface area contributed by atoms with E-state index in [2.05, 4.69) is 15.6 Å². The van der Waals surface area contributed by atoms with Gasteiger partial charge in [-0.05, 0) is 62.1 Å². The molecular formula is C27H33N5O3. The lowest BCUT2D eigenvalue weighted by Crippen LogP contribution is -2.57. The fraction of sp³-hybridized carbons (Fsp3) is 0.370. The Morgan fingerprint density at radius 3 is 2.66 bits per heavy atom. The van der Waals surface area contributed by atoms with Crippen LogP contribution in [-0.2, 0) is 29.0 Å². The fourth-order valence-electron chi connectivity index (χ4n) is 4.43. The van der Waals surface area contributed by atoms with Crippen molar-refractivity contribution in [2.75, 3.05) is 13.1 Å². The van der Waals surface area contributed by atoms with Gasteiger partial charge in [-0.25, -0.2) is 0 Å². The van der Waals surface area contributed by atoms with Crippen LogP contribution in [0, 0.1) is 0 Å². The molecule has 1 aromatic heterocycles. The van der Waals surface area contributed by atoms with Gasteiger partial charge in [0, 0.05) is 48.7 Å². The molecule has 8 heteroatoms. The van der Waals surface area contributed by atoms with E-state index in [9.17, 15) is 14.4 Å². The first kappa shape index (κ1) is 24.5. The van der Waals surface area contributed by atoms with Crippen molar-refractivity contribution in [1.82, 2.24) is 20.5 Å². The Bertz CT molecular complexity index is 1260. The molecule has 0 fully saturated rings. The highest BCUT2D eigenvalue weighted by Crippen LogP contribution is 2.24. The van der Waals surface area contributed by atoms with Crippen molar-refractivity contribution in [2.45, 2.75) is 51.7 Å². The first-order valence-electron chi connectivity index (χ1n) is 12.0. The summed E-state index contributed by atoms with van der Waals surface area (Å²) in [6.45, 7) is 6.64. The number of carbonyl (C=O) groups is 3. The summed E-state index contributed by atoms with van der Waals surface area (Å²) in [5.74, 6) is -0.620. The molecule has 0 radical (unpaired) electrons. The second kappa shape index (κ2) is 9.92. The predicted octanol–water partition coefficient (Wildman–Crippen LogP) is 2.27. The lowest BCUT2D eigenvalue weighted by molar-refractivity contribution is -0.138. The molecule has 0 aliphatic carbocycles. The van der Waals surface area contributed by atoms with Crippen LogP contribution in [0.25, 0.3) is 10.9 Å². The van der Waals surface area contributed by atoms with Gasteiger partial charge in [-0.1, -0.05) is 24.3 Å². The molecule has 1 aliphatic heterocycles. The van der Waals surface area contributed by atoms with Crippen LogP contribution in [0.5, 0.6) is 0 Å². The van der Waals surface area contributed by atoms with Gasteiger partial charge >= 0.3 is 0 Å². The first-order chi connectivity index (χ1) is 16.7. The fourth-order valence-corrected chi connectivity index (χ4v) is 4.43. The molecule has 184 valence electrons. The summed E-state index contributed by atoms with van der Waals surface area (Å²) in [5.41, 5.74) is 9.55. The van der Waals surface area contributed by atoms with E-state index >= 15 is 0 Å². The summed E-state index contributed by atoms with van der Waals surface area (Å²) in [6.07, 6.45) is 2.88. The minimum absolute atomic E-state index is 0.0975. The highest BCUT2D eigenvalue weighted by Gasteiger charge is 2.32. The van der Waals surface area contributed by atoms with Gasteiger partial charge in [0.1, 0.15) is 6.04 Å². The number of nitrogens with zero attached hydrogens (tertiary/aromatic N) is 1. The van der Waals surface area contributed by atoms with Gasteiger partial charge in [-0.3, -0.25) is 14.4 Å². The molecule has 5 N–H and O–H groups in total. The molecule has 0 saturated carbocycles. The van der Waals surface area contributed by atoms with Crippen LogP contribution in [0.2, 0.25) is 0 Å². The summed E-state index contributed by atoms with van der Waals surface area (Å²) in [6, 6.07) is 12.7. The number of aromatic nitrogens is 1. The zero-order chi connectivity index (χ0) is 25.2. The van der Waals surface area contributed by atoms with Crippen LogP contribution >= 0.6 is 0 Å². The lowest BCUT2D eigenvalue weighted by atomic mass is 9.95. The van der Waals surface area contributed by atoms with Gasteiger partial charge in [-0.15, -0.1) is 0 Å². The van der Waals surface area contributed by atoms with Gasteiger partial charge in [0.25, 0.3) is 5.91 Å². The third-order valence-corrected chi connectivity index (χ3v) is 6.42. The maximum absolute atomic E-state index is 13.7. The molecule has 4 rings (SSSR count). The van der Waals surface area contributed by atoms with E-state index in [1.54, 1.807) is 24.8 Å². The number of aromatic amines is 1. The molecule has 1 unspecified atom stereocenters. The van der Waals surface area contributed by atoms with Crippen LogP contribution in [-0.4, -0.2) is 52.3 Å². The molecule has 35 heavy (non-hydrogen) atoms.